The lowest BCUT2D eigenvalue weighted by molar-refractivity contribution is -0.136. The summed E-state index contributed by atoms with van der Waals surface area (Å²) in [6, 6.07) is 3.57. The first-order valence-electron chi connectivity index (χ1n) is 7.58. The first-order chi connectivity index (χ1) is 11.1. The van der Waals surface area contributed by atoms with Gasteiger partial charge in [0.05, 0.1) is 4.91 Å². The van der Waals surface area contributed by atoms with Gasteiger partial charge in [-0.2, -0.15) is 0 Å². The summed E-state index contributed by atoms with van der Waals surface area (Å²) in [7, 11) is 0. The first-order valence-corrected chi connectivity index (χ1v) is 8.40. The fourth-order valence-corrected chi connectivity index (χ4v) is 3.47. The molecule has 6 nitrogen and oxygen atoms in total. The molecule has 0 unspecified atom stereocenters. The van der Waals surface area contributed by atoms with Crippen LogP contribution in [0.15, 0.2) is 29.4 Å². The molecule has 2 fully saturated rings. The summed E-state index contributed by atoms with van der Waals surface area (Å²) in [6.07, 6.45) is 7.97. The SMILES string of the molecule is O=C(CN1C(=O)S/C(=C\c2cccnc2)C1=O)N1CCCCC1. The summed E-state index contributed by atoms with van der Waals surface area (Å²) in [5.41, 5.74) is 0.750. The largest absolute Gasteiger partial charge is 0.341 e. The number of thioether (sulfide) groups is 1. The van der Waals surface area contributed by atoms with E-state index >= 15 is 0 Å². The molecule has 0 aromatic carbocycles. The van der Waals surface area contributed by atoms with Gasteiger partial charge in [-0.15, -0.1) is 0 Å². The highest BCUT2D eigenvalue weighted by Gasteiger charge is 2.37. The molecule has 0 aliphatic carbocycles. The second kappa shape index (κ2) is 6.95. The Hall–Kier alpha value is -2.15. The molecular weight excluding hydrogens is 314 g/mol. The molecule has 0 spiro atoms. The smallest absolute Gasteiger partial charge is 0.294 e. The number of carbonyl (C=O) groups is 3. The van der Waals surface area contributed by atoms with E-state index < -0.39 is 11.1 Å². The van der Waals surface area contributed by atoms with E-state index in [4.69, 9.17) is 0 Å². The van der Waals surface area contributed by atoms with Gasteiger partial charge in [-0.1, -0.05) is 6.07 Å². The summed E-state index contributed by atoms with van der Waals surface area (Å²) < 4.78 is 0. The van der Waals surface area contributed by atoms with Crippen LogP contribution in [0.3, 0.4) is 0 Å². The lowest BCUT2D eigenvalue weighted by atomic mass is 10.1. The van der Waals surface area contributed by atoms with Gasteiger partial charge in [-0.05, 0) is 48.7 Å². The highest BCUT2D eigenvalue weighted by Crippen LogP contribution is 2.32. The van der Waals surface area contributed by atoms with Crippen molar-refractivity contribution in [2.75, 3.05) is 19.6 Å². The Morgan fingerprint density at radius 3 is 2.74 bits per heavy atom. The van der Waals surface area contributed by atoms with Crippen molar-refractivity contribution in [3.05, 3.63) is 35.0 Å². The van der Waals surface area contributed by atoms with Crippen LogP contribution in [0.5, 0.6) is 0 Å². The Bertz CT molecular complexity index is 654. The van der Waals surface area contributed by atoms with Crippen LogP contribution in [0.2, 0.25) is 0 Å². The lowest BCUT2D eigenvalue weighted by Gasteiger charge is -2.27. The van der Waals surface area contributed by atoms with E-state index in [2.05, 4.69) is 4.98 Å². The molecule has 3 rings (SSSR count). The second-order valence-electron chi connectivity index (χ2n) is 5.50. The van der Waals surface area contributed by atoms with Crippen molar-refractivity contribution in [3.8, 4) is 0 Å². The number of nitrogens with zero attached hydrogens (tertiary/aromatic N) is 3. The van der Waals surface area contributed by atoms with Crippen molar-refractivity contribution in [2.45, 2.75) is 19.3 Å². The highest BCUT2D eigenvalue weighted by molar-refractivity contribution is 8.18. The summed E-state index contributed by atoms with van der Waals surface area (Å²) >= 11 is 0.865. The monoisotopic (exact) mass is 331 g/mol. The first kappa shape index (κ1) is 15.7. The van der Waals surface area contributed by atoms with Crippen LogP contribution in [-0.2, 0) is 9.59 Å². The van der Waals surface area contributed by atoms with E-state index in [0.717, 1.165) is 41.5 Å². The molecular formula is C16H17N3O3S. The van der Waals surface area contributed by atoms with Crippen molar-refractivity contribution in [3.63, 3.8) is 0 Å². The van der Waals surface area contributed by atoms with Crippen molar-refractivity contribution < 1.29 is 14.4 Å². The number of imide groups is 1. The molecule has 3 heterocycles. The number of rotatable bonds is 3. The van der Waals surface area contributed by atoms with Crippen molar-refractivity contribution >= 4 is 34.9 Å². The molecule has 2 aliphatic heterocycles. The molecule has 120 valence electrons. The Morgan fingerprint density at radius 1 is 1.26 bits per heavy atom. The normalized spacial score (nSPS) is 20.4. The average Bonchev–Trinajstić information content (AvgIpc) is 2.84. The Labute approximate surface area is 138 Å². The fourth-order valence-electron chi connectivity index (χ4n) is 2.63. The highest BCUT2D eigenvalue weighted by atomic mass is 32.2. The van der Waals surface area contributed by atoms with E-state index in [-0.39, 0.29) is 12.5 Å². The van der Waals surface area contributed by atoms with Crippen molar-refractivity contribution in [2.24, 2.45) is 0 Å². The van der Waals surface area contributed by atoms with Crippen LogP contribution >= 0.6 is 11.8 Å². The second-order valence-corrected chi connectivity index (χ2v) is 6.49. The minimum atomic E-state index is -0.408. The summed E-state index contributed by atoms with van der Waals surface area (Å²) in [5, 5.41) is -0.393. The zero-order valence-electron chi connectivity index (χ0n) is 12.6. The molecule has 23 heavy (non-hydrogen) atoms. The average molecular weight is 331 g/mol. The molecule has 0 atom stereocenters. The maximum Gasteiger partial charge on any atom is 0.294 e. The van der Waals surface area contributed by atoms with E-state index in [9.17, 15) is 14.4 Å². The predicted octanol–water partition coefficient (Wildman–Crippen LogP) is 2.13. The summed E-state index contributed by atoms with van der Waals surface area (Å²) in [5.74, 6) is -0.566. The standard InChI is InChI=1S/C16H17N3O3S/c20-14(18-7-2-1-3-8-18)11-19-15(21)13(23-16(19)22)9-12-5-4-6-17-10-12/h4-6,9-10H,1-3,7-8,11H2/b13-9-. The minimum absolute atomic E-state index is 0.158. The van der Waals surface area contributed by atoms with E-state index in [1.165, 1.54) is 0 Å². The molecule has 3 amide bonds. The zero-order valence-corrected chi connectivity index (χ0v) is 13.4. The molecule has 0 bridgehead atoms. The van der Waals surface area contributed by atoms with Gasteiger partial charge in [0, 0.05) is 25.5 Å². The van der Waals surface area contributed by atoms with E-state index in [0.29, 0.717) is 18.0 Å². The molecule has 0 saturated carbocycles. The van der Waals surface area contributed by atoms with Crippen LogP contribution in [0.25, 0.3) is 6.08 Å². The Balaban J connectivity index is 1.69. The zero-order chi connectivity index (χ0) is 16.2. The fraction of sp³-hybridized carbons (Fsp3) is 0.375. The van der Waals surface area contributed by atoms with E-state index in [1.807, 2.05) is 0 Å². The molecule has 2 aliphatic rings. The topological polar surface area (TPSA) is 70.6 Å². The number of likely N-dealkylation sites (tertiary alicyclic amines) is 1. The van der Waals surface area contributed by atoms with Crippen molar-refractivity contribution in [1.82, 2.24) is 14.8 Å². The van der Waals surface area contributed by atoms with Gasteiger partial charge in [0.15, 0.2) is 0 Å². The Morgan fingerprint density at radius 2 is 2.04 bits per heavy atom. The molecule has 7 heteroatoms. The number of hydrogen-bond acceptors (Lipinski definition) is 5. The molecule has 1 aromatic rings. The third kappa shape index (κ3) is 3.61. The van der Waals surface area contributed by atoms with Gasteiger partial charge in [0.25, 0.3) is 11.1 Å². The molecule has 0 N–H and O–H groups in total. The van der Waals surface area contributed by atoms with Gasteiger partial charge in [-0.3, -0.25) is 24.3 Å². The lowest BCUT2D eigenvalue weighted by Crippen LogP contribution is -2.44. The maximum atomic E-state index is 12.4. The molecule has 2 saturated heterocycles. The Kier molecular flexibility index (Phi) is 4.76. The van der Waals surface area contributed by atoms with Crippen LogP contribution in [0.1, 0.15) is 24.8 Å². The van der Waals surface area contributed by atoms with Gasteiger partial charge in [0.2, 0.25) is 5.91 Å². The number of hydrogen-bond donors (Lipinski definition) is 0. The predicted molar refractivity (Wildman–Crippen MR) is 87.3 cm³/mol. The third-order valence-corrected chi connectivity index (χ3v) is 4.77. The van der Waals surface area contributed by atoms with Crippen LogP contribution in [0.4, 0.5) is 4.79 Å². The quantitative estimate of drug-likeness (QED) is 0.794. The van der Waals surface area contributed by atoms with Gasteiger partial charge >= 0.3 is 0 Å². The van der Waals surface area contributed by atoms with Gasteiger partial charge in [-0.25, -0.2) is 0 Å². The third-order valence-electron chi connectivity index (χ3n) is 3.86. The van der Waals surface area contributed by atoms with Crippen LogP contribution in [-0.4, -0.2) is 51.5 Å². The number of amides is 3. The van der Waals surface area contributed by atoms with Crippen LogP contribution < -0.4 is 0 Å². The summed E-state index contributed by atoms with van der Waals surface area (Å²) in [6.45, 7) is 1.25. The number of piperidine rings is 1. The number of carbonyl (C=O) groups excluding carboxylic acids is 3. The maximum absolute atomic E-state index is 12.4. The van der Waals surface area contributed by atoms with E-state index in [1.54, 1.807) is 35.5 Å². The molecule has 1 aromatic heterocycles. The molecule has 0 radical (unpaired) electrons. The minimum Gasteiger partial charge on any atom is -0.341 e. The summed E-state index contributed by atoms with van der Waals surface area (Å²) in [4.78, 5) is 43.7. The van der Waals surface area contributed by atoms with Gasteiger partial charge < -0.3 is 4.90 Å². The number of aromatic nitrogens is 1. The van der Waals surface area contributed by atoms with Gasteiger partial charge in [0.1, 0.15) is 6.54 Å². The van der Waals surface area contributed by atoms with Crippen LogP contribution in [0, 0.1) is 0 Å². The van der Waals surface area contributed by atoms with Crippen molar-refractivity contribution in [1.29, 1.82) is 0 Å². The number of pyridine rings is 1.